The summed E-state index contributed by atoms with van der Waals surface area (Å²) >= 11 is 3.34. The first-order valence-corrected chi connectivity index (χ1v) is 6.88. The predicted octanol–water partition coefficient (Wildman–Crippen LogP) is 4.61. The summed E-state index contributed by atoms with van der Waals surface area (Å²) in [5.74, 6) is -0.486. The van der Waals surface area contributed by atoms with Gasteiger partial charge in [0.2, 0.25) is 0 Å². The molecule has 2 aromatic rings. The molecule has 0 aliphatic heterocycles. The average molecular weight is 356 g/mol. The van der Waals surface area contributed by atoms with Crippen molar-refractivity contribution >= 4 is 27.5 Å². The monoisotopic (exact) mass is 355 g/mol. The first-order valence-electron chi connectivity index (χ1n) is 6.09. The van der Waals surface area contributed by atoms with Crippen LogP contribution in [0.5, 0.6) is 5.75 Å². The van der Waals surface area contributed by atoms with Gasteiger partial charge in [0.1, 0.15) is 5.75 Å². The fraction of sp³-hybridized carbons (Fsp3) is 0.133. The van der Waals surface area contributed by atoms with E-state index in [1.807, 2.05) is 13.0 Å². The van der Waals surface area contributed by atoms with Gasteiger partial charge in [-0.15, -0.1) is 0 Å². The van der Waals surface area contributed by atoms with Gasteiger partial charge in [-0.25, -0.2) is 0 Å². The molecule has 0 saturated carbocycles. The highest BCUT2D eigenvalue weighted by Crippen LogP contribution is 2.27. The van der Waals surface area contributed by atoms with Crippen molar-refractivity contribution in [3.05, 3.63) is 58.1 Å². The van der Waals surface area contributed by atoms with Gasteiger partial charge < -0.3 is 10.1 Å². The smallest absolute Gasteiger partial charge is 0.387 e. The van der Waals surface area contributed by atoms with Gasteiger partial charge in [0, 0.05) is 4.47 Å². The lowest BCUT2D eigenvalue weighted by Gasteiger charge is -2.12. The number of anilines is 1. The molecule has 110 valence electrons. The molecule has 0 bridgehead atoms. The third-order valence-corrected chi connectivity index (χ3v) is 3.84. The maximum atomic E-state index is 12.3. The second-order valence-corrected chi connectivity index (χ2v) is 5.06. The van der Waals surface area contributed by atoms with E-state index < -0.39 is 12.5 Å². The number of halogens is 3. The Bertz CT molecular complexity index is 662. The zero-order chi connectivity index (χ0) is 15.4. The number of para-hydroxylation sites is 2. The molecule has 0 heterocycles. The summed E-state index contributed by atoms with van der Waals surface area (Å²) in [7, 11) is 0. The van der Waals surface area contributed by atoms with Crippen molar-refractivity contribution in [3.8, 4) is 5.75 Å². The van der Waals surface area contributed by atoms with Crippen LogP contribution in [0.4, 0.5) is 14.5 Å². The second kappa shape index (κ2) is 6.67. The van der Waals surface area contributed by atoms with Crippen LogP contribution in [0, 0.1) is 6.92 Å². The number of nitrogens with one attached hydrogen (secondary N) is 1. The summed E-state index contributed by atoms with van der Waals surface area (Å²) in [6, 6.07) is 11.3. The summed E-state index contributed by atoms with van der Waals surface area (Å²) < 4.78 is 29.7. The zero-order valence-electron chi connectivity index (χ0n) is 11.1. The minimum absolute atomic E-state index is 0.0791. The van der Waals surface area contributed by atoms with E-state index in [-0.39, 0.29) is 11.4 Å². The summed E-state index contributed by atoms with van der Waals surface area (Å²) in [5, 5.41) is 2.57. The van der Waals surface area contributed by atoms with Crippen LogP contribution in [0.1, 0.15) is 15.9 Å². The molecular weight excluding hydrogens is 344 g/mol. The third kappa shape index (κ3) is 3.78. The molecule has 3 nitrogen and oxygen atoms in total. The second-order valence-electron chi connectivity index (χ2n) is 4.27. The Morgan fingerprint density at radius 1 is 1.19 bits per heavy atom. The standard InChI is InChI=1S/C15H12BrF2NO2/c1-9-5-4-6-10(13(9)16)14(20)19-11-7-2-3-8-12(11)21-15(17)18/h2-8,15H,1H3,(H,19,20). The largest absolute Gasteiger partial charge is 0.433 e. The molecule has 21 heavy (non-hydrogen) atoms. The van der Waals surface area contributed by atoms with Crippen LogP contribution in [0.25, 0.3) is 0 Å². The number of rotatable bonds is 4. The Labute approximate surface area is 129 Å². The van der Waals surface area contributed by atoms with Crippen LogP contribution in [-0.2, 0) is 0 Å². The van der Waals surface area contributed by atoms with Crippen LogP contribution in [0.2, 0.25) is 0 Å². The van der Waals surface area contributed by atoms with Crippen molar-refractivity contribution in [3.63, 3.8) is 0 Å². The van der Waals surface area contributed by atoms with Gasteiger partial charge in [-0.1, -0.05) is 24.3 Å². The molecule has 2 aromatic carbocycles. The summed E-state index contributed by atoms with van der Waals surface area (Å²) in [4.78, 5) is 12.2. The maximum Gasteiger partial charge on any atom is 0.387 e. The summed E-state index contributed by atoms with van der Waals surface area (Å²) in [6.45, 7) is -1.09. The summed E-state index contributed by atoms with van der Waals surface area (Å²) in [6.07, 6.45) is 0. The van der Waals surface area contributed by atoms with E-state index in [2.05, 4.69) is 26.0 Å². The molecular formula is C15H12BrF2NO2. The first-order chi connectivity index (χ1) is 9.99. The lowest BCUT2D eigenvalue weighted by Crippen LogP contribution is -2.14. The quantitative estimate of drug-likeness (QED) is 0.869. The minimum Gasteiger partial charge on any atom is -0.433 e. The number of aryl methyl sites for hydroxylation is 1. The van der Waals surface area contributed by atoms with Crippen LogP contribution < -0.4 is 10.1 Å². The van der Waals surface area contributed by atoms with Crippen molar-refractivity contribution in [1.82, 2.24) is 0 Å². The Kier molecular flexibility index (Phi) is 4.90. The molecule has 0 aromatic heterocycles. The number of amides is 1. The molecule has 0 saturated heterocycles. The van der Waals surface area contributed by atoms with Crippen LogP contribution in [0.3, 0.4) is 0 Å². The molecule has 0 aliphatic rings. The molecule has 0 radical (unpaired) electrons. The zero-order valence-corrected chi connectivity index (χ0v) is 12.7. The Hall–Kier alpha value is -1.95. The van der Waals surface area contributed by atoms with Crippen molar-refractivity contribution < 1.29 is 18.3 Å². The van der Waals surface area contributed by atoms with Gasteiger partial charge in [0.25, 0.3) is 5.91 Å². The number of ether oxygens (including phenoxy) is 1. The minimum atomic E-state index is -2.95. The molecule has 0 atom stereocenters. The van der Waals surface area contributed by atoms with Crippen LogP contribution >= 0.6 is 15.9 Å². The number of hydrogen-bond donors (Lipinski definition) is 1. The highest BCUT2D eigenvalue weighted by atomic mass is 79.9. The van der Waals surface area contributed by atoms with Crippen molar-refractivity contribution in [1.29, 1.82) is 0 Å². The average Bonchev–Trinajstić information content (AvgIpc) is 2.43. The molecule has 0 aliphatic carbocycles. The fourth-order valence-corrected chi connectivity index (χ4v) is 2.23. The lowest BCUT2D eigenvalue weighted by atomic mass is 10.1. The van der Waals surface area contributed by atoms with Gasteiger partial charge in [-0.05, 0) is 46.6 Å². The van der Waals surface area contributed by atoms with Crippen LogP contribution in [0.15, 0.2) is 46.9 Å². The number of alkyl halides is 2. The van der Waals surface area contributed by atoms with E-state index in [4.69, 9.17) is 0 Å². The van der Waals surface area contributed by atoms with Crippen molar-refractivity contribution in [2.24, 2.45) is 0 Å². The number of benzene rings is 2. The van der Waals surface area contributed by atoms with E-state index >= 15 is 0 Å². The first kappa shape index (κ1) is 15.4. The number of hydrogen-bond acceptors (Lipinski definition) is 2. The Morgan fingerprint density at radius 3 is 2.62 bits per heavy atom. The van der Waals surface area contributed by atoms with Crippen LogP contribution in [-0.4, -0.2) is 12.5 Å². The van der Waals surface area contributed by atoms with E-state index in [0.29, 0.717) is 10.0 Å². The van der Waals surface area contributed by atoms with E-state index in [1.165, 1.54) is 12.1 Å². The molecule has 0 fully saturated rings. The SMILES string of the molecule is Cc1cccc(C(=O)Nc2ccccc2OC(F)F)c1Br. The number of carbonyl (C=O) groups is 1. The maximum absolute atomic E-state index is 12.3. The van der Waals surface area contributed by atoms with Gasteiger partial charge in [-0.3, -0.25) is 4.79 Å². The summed E-state index contributed by atoms with van der Waals surface area (Å²) in [5.41, 5.74) is 1.51. The third-order valence-electron chi connectivity index (χ3n) is 2.79. The van der Waals surface area contributed by atoms with E-state index in [9.17, 15) is 13.6 Å². The molecule has 0 unspecified atom stereocenters. The molecule has 1 amide bonds. The van der Waals surface area contributed by atoms with E-state index in [1.54, 1.807) is 24.3 Å². The molecule has 1 N–H and O–H groups in total. The predicted molar refractivity (Wildman–Crippen MR) is 79.9 cm³/mol. The van der Waals surface area contributed by atoms with Gasteiger partial charge in [0.05, 0.1) is 11.3 Å². The Balaban J connectivity index is 2.26. The molecule has 6 heteroatoms. The van der Waals surface area contributed by atoms with Gasteiger partial charge in [0.15, 0.2) is 0 Å². The Morgan fingerprint density at radius 2 is 1.90 bits per heavy atom. The van der Waals surface area contributed by atoms with Crippen molar-refractivity contribution in [2.75, 3.05) is 5.32 Å². The normalized spacial score (nSPS) is 10.5. The van der Waals surface area contributed by atoms with Gasteiger partial charge >= 0.3 is 6.61 Å². The molecule has 2 rings (SSSR count). The van der Waals surface area contributed by atoms with Crippen molar-refractivity contribution in [2.45, 2.75) is 13.5 Å². The number of carbonyl (C=O) groups excluding carboxylic acids is 1. The lowest BCUT2D eigenvalue weighted by molar-refractivity contribution is -0.0493. The molecule has 0 spiro atoms. The van der Waals surface area contributed by atoms with Gasteiger partial charge in [-0.2, -0.15) is 8.78 Å². The fourth-order valence-electron chi connectivity index (χ4n) is 1.78. The topological polar surface area (TPSA) is 38.3 Å². The van der Waals surface area contributed by atoms with E-state index in [0.717, 1.165) is 5.56 Å². The highest BCUT2D eigenvalue weighted by molar-refractivity contribution is 9.10. The highest BCUT2D eigenvalue weighted by Gasteiger charge is 2.15.